The molecule has 0 aromatic heterocycles. The molecule has 0 unspecified atom stereocenters. The van der Waals surface area contributed by atoms with Crippen molar-refractivity contribution in [2.24, 2.45) is 4.99 Å². The maximum atomic E-state index is 9.87. The zero-order chi connectivity index (χ0) is 20.4. The first-order chi connectivity index (χ1) is 14.1. The van der Waals surface area contributed by atoms with Crippen LogP contribution in [0.3, 0.4) is 0 Å². The van der Waals surface area contributed by atoms with Crippen molar-refractivity contribution in [1.29, 1.82) is 0 Å². The van der Waals surface area contributed by atoms with E-state index in [-0.39, 0.29) is 6.10 Å². The summed E-state index contributed by atoms with van der Waals surface area (Å²) in [6.07, 6.45) is 4.10. The smallest absolute Gasteiger partial charge is 0.227 e. The molecule has 0 spiro atoms. The van der Waals surface area contributed by atoms with Gasteiger partial charge in [0.15, 0.2) is 5.49 Å². The first-order valence-electron chi connectivity index (χ1n) is 9.36. The minimum atomic E-state index is -0.284. The second-order valence-electron chi connectivity index (χ2n) is 6.87. The highest BCUT2D eigenvalue weighted by molar-refractivity contribution is 5.60. The third kappa shape index (κ3) is 4.09. The van der Waals surface area contributed by atoms with Crippen molar-refractivity contribution < 1.29 is 19.8 Å². The molecule has 4 rings (SSSR count). The summed E-state index contributed by atoms with van der Waals surface area (Å²) in [7, 11) is 3.16. The molecule has 0 amide bonds. The minimum Gasteiger partial charge on any atom is -0.497 e. The van der Waals surface area contributed by atoms with Gasteiger partial charge in [-0.3, -0.25) is 0 Å². The molecule has 1 aromatic carbocycles. The number of pyridine rings is 1. The predicted octanol–water partition coefficient (Wildman–Crippen LogP) is 1.83. The normalized spacial score (nSPS) is 15.7. The van der Waals surface area contributed by atoms with Crippen LogP contribution in [0.1, 0.15) is 12.8 Å². The fraction of sp³-hybridized carbons (Fsp3) is 0.350. The van der Waals surface area contributed by atoms with Gasteiger partial charge in [0.1, 0.15) is 11.5 Å². The van der Waals surface area contributed by atoms with Crippen molar-refractivity contribution >= 4 is 11.6 Å². The van der Waals surface area contributed by atoms with Gasteiger partial charge in [0, 0.05) is 37.5 Å². The van der Waals surface area contributed by atoms with E-state index in [1.54, 1.807) is 38.5 Å². The van der Waals surface area contributed by atoms with Crippen LogP contribution in [0.25, 0.3) is 11.3 Å². The van der Waals surface area contributed by atoms with Crippen molar-refractivity contribution in [1.82, 2.24) is 14.7 Å². The Bertz CT molecular complexity index is 1020. The summed E-state index contributed by atoms with van der Waals surface area (Å²) in [6, 6.07) is 7.04. The largest absolute Gasteiger partial charge is 0.497 e. The van der Waals surface area contributed by atoms with E-state index in [4.69, 9.17) is 9.47 Å². The van der Waals surface area contributed by atoms with Crippen LogP contribution in [0.5, 0.6) is 11.5 Å². The van der Waals surface area contributed by atoms with Crippen molar-refractivity contribution in [2.45, 2.75) is 18.9 Å². The quantitative estimate of drug-likeness (QED) is 0.647. The number of aliphatic hydroxyl groups is 1. The summed E-state index contributed by atoms with van der Waals surface area (Å²) in [6.45, 7) is 1.35. The van der Waals surface area contributed by atoms with E-state index in [2.05, 4.69) is 15.0 Å². The molecule has 152 valence electrons. The maximum absolute atomic E-state index is 9.87. The molecule has 1 aromatic rings. The third-order valence-corrected chi connectivity index (χ3v) is 4.91. The molecule has 29 heavy (non-hydrogen) atoms. The molecule has 0 saturated carbocycles. The van der Waals surface area contributed by atoms with Crippen LogP contribution in [-0.4, -0.2) is 58.4 Å². The second-order valence-corrected chi connectivity index (χ2v) is 6.87. The highest BCUT2D eigenvalue weighted by atomic mass is 16.5. The van der Waals surface area contributed by atoms with Crippen LogP contribution in [0, 0.1) is 0 Å². The van der Waals surface area contributed by atoms with Crippen molar-refractivity contribution in [3.8, 4) is 22.8 Å². The Morgan fingerprint density at radius 2 is 1.76 bits per heavy atom. The Morgan fingerprint density at radius 3 is 2.41 bits per heavy atom. The summed E-state index contributed by atoms with van der Waals surface area (Å²) in [5.41, 5.74) is 2.31. The Labute approximate surface area is 167 Å². The van der Waals surface area contributed by atoms with Gasteiger partial charge in [0.25, 0.3) is 0 Å². The number of aromatic nitrogens is 3. The lowest BCUT2D eigenvalue weighted by Gasteiger charge is -2.29. The van der Waals surface area contributed by atoms with Crippen molar-refractivity contribution in [2.75, 3.05) is 32.2 Å². The molecule has 1 saturated heterocycles. The Balaban J connectivity index is 1.86. The van der Waals surface area contributed by atoms with Crippen LogP contribution >= 0.6 is 0 Å². The van der Waals surface area contributed by atoms with Gasteiger partial charge < -0.3 is 24.7 Å². The number of rotatable bonds is 4. The van der Waals surface area contributed by atoms with Gasteiger partial charge in [-0.2, -0.15) is 4.98 Å². The molecular weight excluding hydrogens is 374 g/mol. The highest BCUT2D eigenvalue weighted by Crippen LogP contribution is 2.28. The number of aliphatic hydroxyl groups excluding tert-OH is 1. The number of hydrogen-bond acceptors (Lipinski definition) is 8. The highest BCUT2D eigenvalue weighted by Gasteiger charge is 2.21. The third-order valence-electron chi connectivity index (χ3n) is 4.91. The number of methoxy groups -OCH3 is 2. The van der Waals surface area contributed by atoms with E-state index in [1.807, 2.05) is 4.90 Å². The van der Waals surface area contributed by atoms with Gasteiger partial charge >= 0.3 is 0 Å². The number of hydrogen-bond donors (Lipinski definition) is 2. The molecule has 3 aliphatic rings. The first kappa shape index (κ1) is 19.0. The summed E-state index contributed by atoms with van der Waals surface area (Å²) in [5, 5.41) is 19.7. The monoisotopic (exact) mass is 397 g/mol. The van der Waals surface area contributed by atoms with E-state index < -0.39 is 0 Å². The van der Waals surface area contributed by atoms with Crippen molar-refractivity contribution in [3.05, 3.63) is 42.1 Å². The number of piperidine rings is 1. The average Bonchev–Trinajstić information content (AvgIpc) is 2.74. The molecular formula is C20H23N5O4. The summed E-state index contributed by atoms with van der Waals surface area (Å²) in [4.78, 5) is 16.0. The van der Waals surface area contributed by atoms with Gasteiger partial charge in [-0.1, -0.05) is 0 Å². The van der Waals surface area contributed by atoms with Crippen molar-refractivity contribution in [3.63, 3.8) is 0 Å². The van der Waals surface area contributed by atoms with Crippen LogP contribution < -0.4 is 19.9 Å². The molecule has 9 heteroatoms. The van der Waals surface area contributed by atoms with E-state index in [0.717, 1.165) is 4.73 Å². The average molecular weight is 397 g/mol. The maximum Gasteiger partial charge on any atom is 0.227 e. The number of ether oxygens (including phenoxy) is 2. The second kappa shape index (κ2) is 7.96. The zero-order valence-corrected chi connectivity index (χ0v) is 16.3. The number of anilines is 1. The zero-order valence-electron chi connectivity index (χ0n) is 16.3. The first-order valence-corrected chi connectivity index (χ1v) is 9.36. The molecule has 2 N–H and O–H groups in total. The molecule has 3 aliphatic heterocycles. The standard InChI is InChI=1S/C20H23N5O4/c1-28-15-9-13(10-16(11-15)29-2)21-19-17-12-25(27)8-5-18(17)22-20(23-19)24-6-3-14(26)4-7-24/h5,8-12,14,26-27H,3-4,6-7H2,1-2H3. The van der Waals surface area contributed by atoms with Crippen LogP contribution in [-0.2, 0) is 0 Å². The molecule has 3 heterocycles. The summed E-state index contributed by atoms with van der Waals surface area (Å²) < 4.78 is 11.6. The summed E-state index contributed by atoms with van der Waals surface area (Å²) >= 11 is 0. The van der Waals surface area contributed by atoms with E-state index in [9.17, 15) is 10.3 Å². The molecule has 1 fully saturated rings. The topological polar surface area (TPSA) is 105 Å². The number of benzene rings is 1. The van der Waals surface area contributed by atoms with Gasteiger partial charge in [-0.25, -0.2) is 14.7 Å². The Hall–Kier alpha value is -3.33. The SMILES string of the molecule is COc1cc(N=c2nc(N3CCC(O)CC3)nc3ccn(O)cc2-3)cc(OC)c1. The van der Waals surface area contributed by atoms with E-state index >= 15 is 0 Å². The van der Waals surface area contributed by atoms with E-state index in [1.165, 1.54) is 12.4 Å². The van der Waals surface area contributed by atoms with Crippen LogP contribution in [0.15, 0.2) is 41.7 Å². The molecule has 0 radical (unpaired) electrons. The Kier molecular flexibility index (Phi) is 5.22. The molecule has 0 bridgehead atoms. The van der Waals surface area contributed by atoms with Gasteiger partial charge in [0.05, 0.1) is 43.5 Å². The fourth-order valence-corrected chi connectivity index (χ4v) is 3.31. The lowest BCUT2D eigenvalue weighted by atomic mass is 10.1. The van der Waals surface area contributed by atoms with Crippen LogP contribution in [0.4, 0.5) is 11.6 Å². The van der Waals surface area contributed by atoms with E-state index in [0.29, 0.717) is 65.8 Å². The van der Waals surface area contributed by atoms with Gasteiger partial charge in [-0.15, -0.1) is 0 Å². The molecule has 0 aliphatic carbocycles. The van der Waals surface area contributed by atoms with Gasteiger partial charge in [0.2, 0.25) is 5.95 Å². The lowest BCUT2D eigenvalue weighted by molar-refractivity contribution is 0.145. The molecule has 9 nitrogen and oxygen atoms in total. The lowest BCUT2D eigenvalue weighted by Crippen LogP contribution is -2.38. The Morgan fingerprint density at radius 1 is 1.07 bits per heavy atom. The van der Waals surface area contributed by atoms with Crippen LogP contribution in [0.2, 0.25) is 0 Å². The van der Waals surface area contributed by atoms with Gasteiger partial charge in [-0.05, 0) is 18.9 Å². The fourth-order valence-electron chi connectivity index (χ4n) is 3.31. The number of nitrogens with zero attached hydrogens (tertiary/aromatic N) is 5. The number of fused-ring (bicyclic) bond motifs is 1. The minimum absolute atomic E-state index is 0.284. The summed E-state index contributed by atoms with van der Waals surface area (Å²) in [5.74, 6) is 1.78. The predicted molar refractivity (Wildman–Crippen MR) is 106 cm³/mol. The molecule has 0 atom stereocenters.